The van der Waals surface area contributed by atoms with Gasteiger partial charge in [0.25, 0.3) is 0 Å². The van der Waals surface area contributed by atoms with Gasteiger partial charge in [-0.2, -0.15) is 0 Å². The summed E-state index contributed by atoms with van der Waals surface area (Å²) >= 11 is 5.98. The van der Waals surface area contributed by atoms with Gasteiger partial charge in [0.1, 0.15) is 6.10 Å². The van der Waals surface area contributed by atoms with Crippen molar-refractivity contribution in [1.82, 2.24) is 0 Å². The van der Waals surface area contributed by atoms with Crippen molar-refractivity contribution in [2.75, 3.05) is 6.61 Å². The van der Waals surface area contributed by atoms with Crippen LogP contribution in [0.1, 0.15) is 22.8 Å². The molecular weight excluding hydrogens is 272 g/mol. The lowest BCUT2D eigenvalue weighted by Crippen LogP contribution is -2.28. The van der Waals surface area contributed by atoms with E-state index in [1.165, 1.54) is 5.56 Å². The van der Waals surface area contributed by atoms with Crippen molar-refractivity contribution in [2.24, 2.45) is 0 Å². The summed E-state index contributed by atoms with van der Waals surface area (Å²) in [6, 6.07) is 15.8. The quantitative estimate of drug-likeness (QED) is 0.936. The van der Waals surface area contributed by atoms with E-state index in [2.05, 4.69) is 6.07 Å². The molecule has 1 N–H and O–H groups in total. The zero-order valence-electron chi connectivity index (χ0n) is 11.1. The van der Waals surface area contributed by atoms with E-state index in [1.54, 1.807) is 0 Å². The van der Waals surface area contributed by atoms with Crippen LogP contribution in [-0.2, 0) is 17.6 Å². The molecule has 0 bridgehead atoms. The van der Waals surface area contributed by atoms with Gasteiger partial charge in [-0.3, -0.25) is 0 Å². The highest BCUT2D eigenvalue weighted by Crippen LogP contribution is 2.31. The molecule has 104 valence electrons. The van der Waals surface area contributed by atoms with E-state index >= 15 is 0 Å². The Kier molecular flexibility index (Phi) is 4.06. The number of fused-ring (bicyclic) bond motifs is 1. The van der Waals surface area contributed by atoms with Crippen molar-refractivity contribution in [1.29, 1.82) is 0 Å². The largest absolute Gasteiger partial charge is 0.390 e. The third-order valence-corrected chi connectivity index (χ3v) is 3.95. The third-order valence-electron chi connectivity index (χ3n) is 3.71. The maximum absolute atomic E-state index is 10.5. The SMILES string of the molecule is OC(Cc1cccc(Cl)c1)C1OCCc2ccccc21. The predicted molar refractivity (Wildman–Crippen MR) is 80.0 cm³/mol. The van der Waals surface area contributed by atoms with E-state index in [0.29, 0.717) is 18.1 Å². The van der Waals surface area contributed by atoms with Gasteiger partial charge >= 0.3 is 0 Å². The molecule has 1 heterocycles. The lowest BCUT2D eigenvalue weighted by atomic mass is 9.92. The summed E-state index contributed by atoms with van der Waals surface area (Å²) in [6.45, 7) is 0.661. The third kappa shape index (κ3) is 2.88. The van der Waals surface area contributed by atoms with Crippen molar-refractivity contribution in [2.45, 2.75) is 25.0 Å². The van der Waals surface area contributed by atoms with Gasteiger partial charge in [-0.05, 0) is 35.2 Å². The van der Waals surface area contributed by atoms with E-state index in [9.17, 15) is 5.11 Å². The van der Waals surface area contributed by atoms with E-state index < -0.39 is 6.10 Å². The first-order valence-electron chi connectivity index (χ1n) is 6.86. The van der Waals surface area contributed by atoms with Crippen LogP contribution in [0.2, 0.25) is 5.02 Å². The molecule has 2 atom stereocenters. The Bertz CT molecular complexity index is 597. The second-order valence-corrected chi connectivity index (χ2v) is 5.58. The molecule has 3 heteroatoms. The van der Waals surface area contributed by atoms with Crippen LogP contribution in [0.4, 0.5) is 0 Å². The molecular formula is C17H17ClO2. The summed E-state index contributed by atoms with van der Waals surface area (Å²) in [5.74, 6) is 0. The predicted octanol–water partition coefficient (Wildman–Crippen LogP) is 3.56. The molecule has 2 unspecified atom stereocenters. The fraction of sp³-hybridized carbons (Fsp3) is 0.294. The summed E-state index contributed by atoms with van der Waals surface area (Å²) in [4.78, 5) is 0. The maximum atomic E-state index is 10.5. The van der Waals surface area contributed by atoms with Crippen LogP contribution < -0.4 is 0 Å². The normalized spacial score (nSPS) is 19.4. The highest BCUT2D eigenvalue weighted by molar-refractivity contribution is 6.30. The number of ether oxygens (including phenoxy) is 1. The fourth-order valence-electron chi connectivity index (χ4n) is 2.76. The van der Waals surface area contributed by atoms with Gasteiger partial charge in [0.05, 0.1) is 12.7 Å². The van der Waals surface area contributed by atoms with Crippen LogP contribution in [0, 0.1) is 0 Å². The summed E-state index contributed by atoms with van der Waals surface area (Å²) in [6.07, 6.45) is 0.643. The number of halogens is 1. The smallest absolute Gasteiger partial charge is 0.109 e. The van der Waals surface area contributed by atoms with Crippen LogP contribution in [0.15, 0.2) is 48.5 Å². The Hall–Kier alpha value is -1.35. The Morgan fingerprint density at radius 3 is 2.90 bits per heavy atom. The van der Waals surface area contributed by atoms with Gasteiger partial charge in [-0.25, -0.2) is 0 Å². The highest BCUT2D eigenvalue weighted by atomic mass is 35.5. The molecule has 1 aliphatic rings. The molecule has 0 amide bonds. The molecule has 0 spiro atoms. The van der Waals surface area contributed by atoms with Crippen molar-refractivity contribution in [3.63, 3.8) is 0 Å². The summed E-state index contributed by atoms with van der Waals surface area (Å²) in [5.41, 5.74) is 3.40. The van der Waals surface area contributed by atoms with Crippen LogP contribution in [0.25, 0.3) is 0 Å². The van der Waals surface area contributed by atoms with Gasteiger partial charge in [-0.1, -0.05) is 48.0 Å². The number of aliphatic hydroxyl groups is 1. The van der Waals surface area contributed by atoms with Crippen LogP contribution in [0.5, 0.6) is 0 Å². The average molecular weight is 289 g/mol. The first-order valence-corrected chi connectivity index (χ1v) is 7.24. The van der Waals surface area contributed by atoms with E-state index in [0.717, 1.165) is 17.5 Å². The molecule has 0 fully saturated rings. The lowest BCUT2D eigenvalue weighted by Gasteiger charge is -2.29. The number of rotatable bonds is 3. The summed E-state index contributed by atoms with van der Waals surface area (Å²) < 4.78 is 5.79. The number of hydrogen-bond acceptors (Lipinski definition) is 2. The van der Waals surface area contributed by atoms with Crippen LogP contribution >= 0.6 is 11.6 Å². The van der Waals surface area contributed by atoms with Gasteiger partial charge in [-0.15, -0.1) is 0 Å². The fourth-order valence-corrected chi connectivity index (χ4v) is 2.97. The molecule has 0 aliphatic carbocycles. The minimum Gasteiger partial charge on any atom is -0.390 e. The number of benzene rings is 2. The molecule has 20 heavy (non-hydrogen) atoms. The first kappa shape index (κ1) is 13.6. The molecule has 2 nitrogen and oxygen atoms in total. The standard InChI is InChI=1S/C17H17ClO2/c18-14-6-3-4-12(10-14)11-16(19)17-15-7-2-1-5-13(15)8-9-20-17/h1-7,10,16-17,19H,8-9,11H2. The van der Waals surface area contributed by atoms with Crippen molar-refractivity contribution < 1.29 is 9.84 Å². The zero-order valence-corrected chi connectivity index (χ0v) is 11.9. The van der Waals surface area contributed by atoms with E-state index in [1.807, 2.05) is 42.5 Å². The van der Waals surface area contributed by atoms with Crippen molar-refractivity contribution in [3.8, 4) is 0 Å². The minimum atomic E-state index is -0.560. The molecule has 0 aromatic heterocycles. The van der Waals surface area contributed by atoms with Gasteiger partial charge in [0.15, 0.2) is 0 Å². The second kappa shape index (κ2) is 5.96. The molecule has 2 aromatic rings. The summed E-state index contributed by atoms with van der Waals surface area (Å²) in [7, 11) is 0. The Balaban J connectivity index is 1.80. The molecule has 3 rings (SSSR count). The summed E-state index contributed by atoms with van der Waals surface area (Å²) in [5, 5.41) is 11.2. The average Bonchev–Trinajstić information content (AvgIpc) is 2.46. The maximum Gasteiger partial charge on any atom is 0.109 e. The molecule has 1 aliphatic heterocycles. The van der Waals surface area contributed by atoms with Crippen LogP contribution in [0.3, 0.4) is 0 Å². The highest BCUT2D eigenvalue weighted by Gasteiger charge is 2.27. The van der Waals surface area contributed by atoms with E-state index in [4.69, 9.17) is 16.3 Å². The Morgan fingerprint density at radius 1 is 1.20 bits per heavy atom. The van der Waals surface area contributed by atoms with Gasteiger partial charge in [0, 0.05) is 11.4 Å². The monoisotopic (exact) mass is 288 g/mol. The number of aliphatic hydroxyl groups excluding tert-OH is 1. The molecule has 0 saturated heterocycles. The molecule has 0 radical (unpaired) electrons. The topological polar surface area (TPSA) is 29.5 Å². The minimum absolute atomic E-state index is 0.251. The second-order valence-electron chi connectivity index (χ2n) is 5.14. The van der Waals surface area contributed by atoms with Gasteiger partial charge < -0.3 is 9.84 Å². The lowest BCUT2D eigenvalue weighted by molar-refractivity contribution is -0.0460. The first-order chi connectivity index (χ1) is 9.74. The van der Waals surface area contributed by atoms with Crippen molar-refractivity contribution in [3.05, 3.63) is 70.2 Å². The van der Waals surface area contributed by atoms with Crippen molar-refractivity contribution >= 4 is 11.6 Å². The van der Waals surface area contributed by atoms with E-state index in [-0.39, 0.29) is 6.10 Å². The Labute approximate surface area is 124 Å². The zero-order chi connectivity index (χ0) is 13.9. The molecule has 2 aromatic carbocycles. The Morgan fingerprint density at radius 2 is 2.05 bits per heavy atom. The van der Waals surface area contributed by atoms with Crippen LogP contribution in [-0.4, -0.2) is 17.8 Å². The van der Waals surface area contributed by atoms with Gasteiger partial charge in [0.2, 0.25) is 0 Å². The molecule has 0 saturated carbocycles. The number of hydrogen-bond donors (Lipinski definition) is 1.